The molecule has 40 heavy (non-hydrogen) atoms. The minimum Gasteiger partial charge on any atom is -0.387 e. The lowest BCUT2D eigenvalue weighted by atomic mass is 10.1. The van der Waals surface area contributed by atoms with Gasteiger partial charge in [0.15, 0.2) is 11.2 Å². The van der Waals surface area contributed by atoms with Crippen molar-refractivity contribution < 1.29 is 0 Å². The van der Waals surface area contributed by atoms with Crippen molar-refractivity contribution in [3.8, 4) is 33.9 Å². The number of imidazole rings is 1. The highest BCUT2D eigenvalue weighted by molar-refractivity contribution is 6.30. The molecule has 3 heterocycles. The summed E-state index contributed by atoms with van der Waals surface area (Å²) in [6, 6.07) is 26.0. The zero-order valence-electron chi connectivity index (χ0n) is 21.1. The minimum atomic E-state index is -0.312. The van der Waals surface area contributed by atoms with Gasteiger partial charge >= 0.3 is 0 Å². The molecule has 0 amide bonds. The van der Waals surface area contributed by atoms with Gasteiger partial charge in [0.1, 0.15) is 18.0 Å². The maximum absolute atomic E-state index is 13.9. The molecular weight excluding hydrogens is 524 g/mol. The Balaban J connectivity index is 1.54. The van der Waals surface area contributed by atoms with E-state index in [4.69, 9.17) is 33.5 Å². The lowest BCUT2D eigenvalue weighted by Crippen LogP contribution is -2.22. The number of benzene rings is 3. The Morgan fingerprint density at radius 2 is 1.60 bits per heavy atom. The van der Waals surface area contributed by atoms with Crippen LogP contribution in [0.1, 0.15) is 5.56 Å². The number of hydrogen-bond donors (Lipinski definition) is 3. The van der Waals surface area contributed by atoms with Crippen molar-refractivity contribution in [1.29, 1.82) is 5.41 Å². The van der Waals surface area contributed by atoms with Gasteiger partial charge in [0.2, 0.25) is 0 Å². The topological polar surface area (TPSA) is 141 Å². The SMILES string of the molecule is N=C(N)Cc1cccc(-n2cnc3c(=O)n(-c4ccc(Cl)cc4)c(-c4ccc(-c5ccc(N)nc5)cc4)nc32)c1. The Labute approximate surface area is 233 Å². The van der Waals surface area contributed by atoms with Crippen LogP contribution in [0, 0.1) is 5.41 Å². The van der Waals surface area contributed by atoms with Crippen molar-refractivity contribution in [2.24, 2.45) is 5.73 Å². The summed E-state index contributed by atoms with van der Waals surface area (Å²) in [5, 5.41) is 8.20. The highest BCUT2D eigenvalue weighted by Gasteiger charge is 2.19. The molecule has 0 aliphatic rings. The Morgan fingerprint density at radius 1 is 0.875 bits per heavy atom. The first-order chi connectivity index (χ1) is 19.4. The number of nitrogens with two attached hydrogens (primary N) is 2. The standard InChI is InChI=1S/C30H23ClN8O/c31-22-9-11-23(12-10-22)39-28(20-6-4-19(5-7-20)21-8-13-26(34)35-16-21)37-29-27(30(39)40)36-17-38(29)24-3-1-2-18(14-24)15-25(32)33/h1-14,16-17H,15H2,(H3,32,33)(H2,34,35). The zero-order chi connectivity index (χ0) is 27.8. The average molecular weight is 547 g/mol. The number of nitrogens with zero attached hydrogens (tertiary/aromatic N) is 5. The molecule has 0 unspecified atom stereocenters. The van der Waals surface area contributed by atoms with Crippen molar-refractivity contribution in [2.75, 3.05) is 5.73 Å². The van der Waals surface area contributed by atoms with E-state index in [1.54, 1.807) is 52.0 Å². The third kappa shape index (κ3) is 4.70. The summed E-state index contributed by atoms with van der Waals surface area (Å²) < 4.78 is 3.31. The van der Waals surface area contributed by atoms with Crippen molar-refractivity contribution in [1.82, 2.24) is 24.1 Å². The van der Waals surface area contributed by atoms with Crippen molar-refractivity contribution >= 4 is 34.4 Å². The zero-order valence-corrected chi connectivity index (χ0v) is 21.9. The van der Waals surface area contributed by atoms with Gasteiger partial charge in [0.05, 0.1) is 11.5 Å². The van der Waals surface area contributed by atoms with Crippen LogP contribution in [0.5, 0.6) is 0 Å². The molecule has 3 aromatic carbocycles. The van der Waals surface area contributed by atoms with Crippen LogP contribution >= 0.6 is 11.6 Å². The van der Waals surface area contributed by atoms with Crippen LogP contribution in [0.25, 0.3) is 45.1 Å². The van der Waals surface area contributed by atoms with Crippen molar-refractivity contribution in [2.45, 2.75) is 6.42 Å². The predicted molar refractivity (Wildman–Crippen MR) is 158 cm³/mol. The molecule has 6 rings (SSSR count). The molecule has 10 heteroatoms. The van der Waals surface area contributed by atoms with E-state index in [2.05, 4.69) is 9.97 Å². The normalized spacial score (nSPS) is 11.1. The molecule has 0 saturated heterocycles. The van der Waals surface area contributed by atoms with E-state index in [0.717, 1.165) is 27.9 Å². The molecule has 0 saturated carbocycles. The molecule has 196 valence electrons. The van der Waals surface area contributed by atoms with E-state index in [9.17, 15) is 4.79 Å². The summed E-state index contributed by atoms with van der Waals surface area (Å²) in [5.41, 5.74) is 16.5. The Bertz CT molecular complexity index is 1930. The number of amidine groups is 1. The number of nitrogen functional groups attached to an aromatic ring is 1. The molecule has 3 aromatic heterocycles. The Hall–Kier alpha value is -5.28. The third-order valence-electron chi connectivity index (χ3n) is 6.50. The van der Waals surface area contributed by atoms with Gasteiger partial charge in [0, 0.05) is 34.5 Å². The lowest BCUT2D eigenvalue weighted by molar-refractivity contribution is 0.961. The predicted octanol–water partition coefficient (Wildman–Crippen LogP) is 5.01. The first kappa shape index (κ1) is 25.0. The number of anilines is 1. The second kappa shape index (κ2) is 10.1. The molecule has 9 nitrogen and oxygen atoms in total. The number of halogens is 1. The number of rotatable bonds is 6. The molecule has 0 aliphatic carbocycles. The number of hydrogen-bond acceptors (Lipinski definition) is 6. The van der Waals surface area contributed by atoms with E-state index in [0.29, 0.717) is 34.4 Å². The van der Waals surface area contributed by atoms with Gasteiger partial charge in [0.25, 0.3) is 5.56 Å². The van der Waals surface area contributed by atoms with Crippen LogP contribution in [0.4, 0.5) is 5.82 Å². The molecule has 0 spiro atoms. The summed E-state index contributed by atoms with van der Waals surface area (Å²) >= 11 is 6.14. The maximum atomic E-state index is 13.9. The van der Waals surface area contributed by atoms with Gasteiger partial charge in [-0.3, -0.25) is 19.3 Å². The first-order valence-electron chi connectivity index (χ1n) is 12.4. The van der Waals surface area contributed by atoms with Crippen molar-refractivity contribution in [3.05, 3.63) is 118 Å². The van der Waals surface area contributed by atoms with E-state index < -0.39 is 0 Å². The van der Waals surface area contributed by atoms with E-state index in [1.807, 2.05) is 54.6 Å². The smallest absolute Gasteiger partial charge is 0.286 e. The minimum absolute atomic E-state index is 0.0668. The molecule has 0 aliphatic heterocycles. The van der Waals surface area contributed by atoms with Gasteiger partial charge in [-0.2, -0.15) is 0 Å². The highest BCUT2D eigenvalue weighted by Crippen LogP contribution is 2.27. The number of aromatic nitrogens is 5. The summed E-state index contributed by atoms with van der Waals surface area (Å²) in [7, 11) is 0. The van der Waals surface area contributed by atoms with Crippen LogP contribution in [0.15, 0.2) is 102 Å². The fourth-order valence-corrected chi connectivity index (χ4v) is 4.71. The quantitative estimate of drug-likeness (QED) is 0.198. The summed E-state index contributed by atoms with van der Waals surface area (Å²) in [5.74, 6) is 0.967. The van der Waals surface area contributed by atoms with Gasteiger partial charge in [-0.25, -0.2) is 15.0 Å². The molecule has 0 radical (unpaired) electrons. The molecule has 6 aromatic rings. The second-order valence-corrected chi connectivity index (χ2v) is 9.70. The van der Waals surface area contributed by atoms with Gasteiger partial charge in [-0.05, 0) is 59.7 Å². The second-order valence-electron chi connectivity index (χ2n) is 9.26. The molecule has 5 N–H and O–H groups in total. The fraction of sp³-hybridized carbons (Fsp3) is 0.0333. The van der Waals surface area contributed by atoms with Gasteiger partial charge < -0.3 is 11.5 Å². The van der Waals surface area contributed by atoms with E-state index >= 15 is 0 Å². The largest absolute Gasteiger partial charge is 0.387 e. The monoisotopic (exact) mass is 546 g/mol. The molecular formula is C30H23ClN8O. The first-order valence-corrected chi connectivity index (χ1v) is 12.8. The van der Waals surface area contributed by atoms with Crippen LogP contribution in [-0.2, 0) is 6.42 Å². The van der Waals surface area contributed by atoms with Crippen LogP contribution < -0.4 is 17.0 Å². The molecule has 0 atom stereocenters. The Kier molecular flexibility index (Phi) is 6.33. The fourth-order valence-electron chi connectivity index (χ4n) is 4.59. The lowest BCUT2D eigenvalue weighted by Gasteiger charge is -2.14. The Morgan fingerprint density at radius 3 is 2.30 bits per heavy atom. The number of fused-ring (bicyclic) bond motifs is 1. The maximum Gasteiger partial charge on any atom is 0.286 e. The number of nitrogens with one attached hydrogen (secondary N) is 1. The van der Waals surface area contributed by atoms with Crippen LogP contribution in [0.2, 0.25) is 5.02 Å². The van der Waals surface area contributed by atoms with Crippen LogP contribution in [0.3, 0.4) is 0 Å². The van der Waals surface area contributed by atoms with Gasteiger partial charge in [-0.15, -0.1) is 0 Å². The summed E-state index contributed by atoms with van der Waals surface area (Å²) in [4.78, 5) is 27.5. The summed E-state index contributed by atoms with van der Waals surface area (Å²) in [6.07, 6.45) is 3.62. The van der Waals surface area contributed by atoms with E-state index in [1.165, 1.54) is 0 Å². The van der Waals surface area contributed by atoms with Crippen molar-refractivity contribution in [3.63, 3.8) is 0 Å². The van der Waals surface area contributed by atoms with Gasteiger partial charge in [-0.1, -0.05) is 48.0 Å². The van der Waals surface area contributed by atoms with E-state index in [-0.39, 0.29) is 16.9 Å². The molecule has 0 fully saturated rings. The third-order valence-corrected chi connectivity index (χ3v) is 6.75. The average Bonchev–Trinajstić information content (AvgIpc) is 3.39. The van der Waals surface area contributed by atoms with Crippen LogP contribution in [-0.4, -0.2) is 29.9 Å². The summed E-state index contributed by atoms with van der Waals surface area (Å²) in [6.45, 7) is 0. The number of pyridine rings is 1. The molecule has 0 bridgehead atoms. The highest BCUT2D eigenvalue weighted by atomic mass is 35.5.